The highest BCUT2D eigenvalue weighted by Gasteiger charge is 2.19. The summed E-state index contributed by atoms with van der Waals surface area (Å²) >= 11 is 0. The summed E-state index contributed by atoms with van der Waals surface area (Å²) in [4.78, 5) is 21.4. The van der Waals surface area contributed by atoms with Gasteiger partial charge in [-0.25, -0.2) is 9.59 Å². The Morgan fingerprint density at radius 2 is 1.94 bits per heavy atom. The number of aliphatic carboxylic acids is 1. The molecule has 5 nitrogen and oxygen atoms in total. The molecule has 0 amide bonds. The Bertz CT molecular complexity index is 264. The number of ether oxygens (including phenoxy) is 1. The smallest absolute Gasteiger partial charge is 0.359 e. The van der Waals surface area contributed by atoms with Gasteiger partial charge in [0.25, 0.3) is 0 Å². The Morgan fingerprint density at radius 3 is 2.38 bits per heavy atom. The van der Waals surface area contributed by atoms with Gasteiger partial charge in [0.2, 0.25) is 0 Å². The topological polar surface area (TPSA) is 63.6 Å². The average Bonchev–Trinajstić information content (AvgIpc) is 2.01. The maximum atomic E-state index is 10.9. The van der Waals surface area contributed by atoms with Crippen molar-refractivity contribution in [3.8, 4) is 0 Å². The van der Waals surface area contributed by atoms with E-state index in [1.54, 1.807) is 27.1 Å². The monoisotopic (exact) mass is 251 g/mol. The summed E-state index contributed by atoms with van der Waals surface area (Å²) in [5.74, 6) is -1.26. The van der Waals surface area contributed by atoms with E-state index in [2.05, 4.69) is 0 Å². The molecule has 16 heavy (non-hydrogen) atoms. The first-order chi connectivity index (χ1) is 6.87. The van der Waals surface area contributed by atoms with Crippen LogP contribution in [0.25, 0.3) is 0 Å². The van der Waals surface area contributed by atoms with Crippen molar-refractivity contribution >= 4 is 11.9 Å². The van der Waals surface area contributed by atoms with E-state index in [0.29, 0.717) is 11.0 Å². The van der Waals surface area contributed by atoms with Gasteiger partial charge in [0.1, 0.15) is 13.2 Å². The first kappa shape index (κ1) is 17.3. The Labute approximate surface area is 102 Å². The molecule has 0 saturated heterocycles. The van der Waals surface area contributed by atoms with E-state index in [0.717, 1.165) is 0 Å². The number of rotatable bonds is 6. The molecule has 0 heterocycles. The number of esters is 1. The molecule has 0 aliphatic carbocycles. The van der Waals surface area contributed by atoms with Crippen molar-refractivity contribution < 1.29 is 36.3 Å². The molecule has 6 heteroatoms. The normalized spacial score (nSPS) is 10.9. The van der Waals surface area contributed by atoms with Crippen molar-refractivity contribution in [2.75, 3.05) is 33.8 Å². The molecule has 0 aliphatic rings. The van der Waals surface area contributed by atoms with Crippen LogP contribution in [0.15, 0.2) is 12.2 Å². The third-order valence-electron chi connectivity index (χ3n) is 1.81. The van der Waals surface area contributed by atoms with Gasteiger partial charge in [0, 0.05) is 6.08 Å². The average molecular weight is 252 g/mol. The fourth-order valence-corrected chi connectivity index (χ4v) is 1.02. The molecule has 0 aliphatic heterocycles. The summed E-state index contributed by atoms with van der Waals surface area (Å²) in [6.07, 6.45) is 2.93. The fourth-order valence-electron chi connectivity index (χ4n) is 1.02. The number of likely N-dealkylation sites (N-methyl/N-ethyl adjacent to an activating group) is 1. The van der Waals surface area contributed by atoms with Gasteiger partial charge in [0.05, 0.1) is 14.1 Å². The van der Waals surface area contributed by atoms with Crippen LogP contribution in [0.1, 0.15) is 6.92 Å². The predicted octanol–water partition coefficient (Wildman–Crippen LogP) is -2.73. The molecule has 0 atom stereocenters. The number of allylic oxidation sites excluding steroid dienone is 1. The van der Waals surface area contributed by atoms with E-state index in [1.165, 1.54) is 6.08 Å². The Morgan fingerprint density at radius 1 is 1.38 bits per heavy atom. The van der Waals surface area contributed by atoms with Crippen LogP contribution in [-0.4, -0.2) is 55.3 Å². The molecule has 0 fully saturated rings. The van der Waals surface area contributed by atoms with Crippen LogP contribution in [0.4, 0.5) is 0 Å². The molecule has 0 saturated carbocycles. The van der Waals surface area contributed by atoms with Crippen LogP contribution in [0.5, 0.6) is 0 Å². The van der Waals surface area contributed by atoms with E-state index in [1.807, 2.05) is 0 Å². The molecule has 0 aromatic carbocycles. The molecule has 0 spiro atoms. The molecular weight excluding hydrogens is 234 g/mol. The number of quaternary nitrogens is 1. The van der Waals surface area contributed by atoms with Crippen molar-refractivity contribution in [1.82, 2.24) is 0 Å². The quantitative estimate of drug-likeness (QED) is 0.316. The minimum Gasteiger partial charge on any atom is -1.00 e. The van der Waals surface area contributed by atoms with Crippen LogP contribution in [0.2, 0.25) is 0 Å². The minimum atomic E-state index is -0.861. The van der Waals surface area contributed by atoms with E-state index in [9.17, 15) is 9.59 Å². The molecule has 0 radical (unpaired) electrons. The molecule has 0 bridgehead atoms. The summed E-state index contributed by atoms with van der Waals surface area (Å²) < 4.78 is 5.16. The molecule has 0 rings (SSSR count). The van der Waals surface area contributed by atoms with Crippen LogP contribution in [-0.2, 0) is 14.3 Å². The minimum absolute atomic E-state index is 0. The number of halogens is 1. The maximum absolute atomic E-state index is 10.9. The highest BCUT2D eigenvalue weighted by molar-refractivity contribution is 5.81. The van der Waals surface area contributed by atoms with Crippen molar-refractivity contribution in [1.29, 1.82) is 0 Å². The van der Waals surface area contributed by atoms with E-state index in [4.69, 9.17) is 9.84 Å². The SMILES string of the molecule is CC=CC(=O)OCC[N+](C)(C)CC(=O)O.[Cl-]. The van der Waals surface area contributed by atoms with Crippen LogP contribution < -0.4 is 12.4 Å². The molecule has 0 aromatic heterocycles. The van der Waals surface area contributed by atoms with Crippen molar-refractivity contribution in [3.05, 3.63) is 12.2 Å². The Hall–Kier alpha value is -1.07. The second-order valence-electron chi connectivity index (χ2n) is 3.88. The van der Waals surface area contributed by atoms with Gasteiger partial charge in [-0.1, -0.05) is 6.08 Å². The number of nitrogens with zero attached hydrogens (tertiary/aromatic N) is 1. The lowest BCUT2D eigenvalue weighted by molar-refractivity contribution is -0.883. The van der Waals surface area contributed by atoms with Crippen LogP contribution in [0.3, 0.4) is 0 Å². The highest BCUT2D eigenvalue weighted by atomic mass is 35.5. The summed E-state index contributed by atoms with van der Waals surface area (Å²) in [6.45, 7) is 2.45. The first-order valence-corrected chi connectivity index (χ1v) is 4.70. The number of carbonyl (C=O) groups excluding carboxylic acids is 1. The number of carbonyl (C=O) groups is 2. The maximum Gasteiger partial charge on any atom is 0.359 e. The zero-order chi connectivity index (χ0) is 11.9. The Balaban J connectivity index is 0. The summed E-state index contributed by atoms with van der Waals surface area (Å²) in [7, 11) is 3.55. The van der Waals surface area contributed by atoms with E-state index < -0.39 is 11.9 Å². The molecule has 0 unspecified atom stereocenters. The lowest BCUT2D eigenvalue weighted by Crippen LogP contribution is -3.00. The largest absolute Gasteiger partial charge is 1.00 e. The third-order valence-corrected chi connectivity index (χ3v) is 1.81. The van der Waals surface area contributed by atoms with Crippen molar-refractivity contribution in [2.24, 2.45) is 0 Å². The van der Waals surface area contributed by atoms with Gasteiger partial charge < -0.3 is 26.7 Å². The lowest BCUT2D eigenvalue weighted by atomic mass is 10.4. The second kappa shape index (κ2) is 8.13. The summed E-state index contributed by atoms with van der Waals surface area (Å²) in [5, 5.41) is 8.61. The molecule has 1 N–H and O–H groups in total. The van der Waals surface area contributed by atoms with Gasteiger partial charge in [-0.05, 0) is 6.92 Å². The van der Waals surface area contributed by atoms with Crippen LogP contribution in [0, 0.1) is 0 Å². The van der Waals surface area contributed by atoms with E-state index >= 15 is 0 Å². The highest BCUT2D eigenvalue weighted by Crippen LogP contribution is 1.96. The number of hydrogen-bond donors (Lipinski definition) is 1. The molecular formula is C10H18ClNO4. The van der Waals surface area contributed by atoms with Gasteiger partial charge in [0.15, 0.2) is 6.54 Å². The van der Waals surface area contributed by atoms with Gasteiger partial charge >= 0.3 is 11.9 Å². The fraction of sp³-hybridized carbons (Fsp3) is 0.600. The Kier molecular flexibility index (Phi) is 8.80. The predicted molar refractivity (Wildman–Crippen MR) is 55.3 cm³/mol. The zero-order valence-electron chi connectivity index (χ0n) is 9.77. The van der Waals surface area contributed by atoms with Gasteiger partial charge in [-0.3, -0.25) is 0 Å². The molecule has 0 aromatic rings. The summed E-state index contributed by atoms with van der Waals surface area (Å²) in [6, 6.07) is 0. The van der Waals surface area contributed by atoms with Crippen molar-refractivity contribution in [2.45, 2.75) is 6.92 Å². The zero-order valence-corrected chi connectivity index (χ0v) is 10.5. The number of hydrogen-bond acceptors (Lipinski definition) is 3. The summed E-state index contributed by atoms with van der Waals surface area (Å²) in [5.41, 5.74) is 0. The standard InChI is InChI=1S/C10H17NO4.ClH/c1-4-5-10(14)15-7-6-11(2,3)8-9(12)13;/h4-5H,6-8H2,1-3H3;1H. The second-order valence-corrected chi connectivity index (χ2v) is 3.88. The lowest BCUT2D eigenvalue weighted by Gasteiger charge is -2.27. The third kappa shape index (κ3) is 9.48. The van der Waals surface area contributed by atoms with Crippen LogP contribution >= 0.6 is 0 Å². The van der Waals surface area contributed by atoms with Crippen molar-refractivity contribution in [3.63, 3.8) is 0 Å². The van der Waals surface area contributed by atoms with Gasteiger partial charge in [-0.15, -0.1) is 0 Å². The first-order valence-electron chi connectivity index (χ1n) is 4.70. The van der Waals surface area contributed by atoms with E-state index in [-0.39, 0.29) is 25.6 Å². The molecule has 94 valence electrons. The number of carboxylic acid groups (broad SMARTS) is 1. The van der Waals surface area contributed by atoms with Gasteiger partial charge in [-0.2, -0.15) is 0 Å². The number of carboxylic acids is 1.